The minimum absolute atomic E-state index is 0.293. The van der Waals surface area contributed by atoms with Crippen LogP contribution in [-0.4, -0.2) is 39.2 Å². The second kappa shape index (κ2) is 6.91. The number of aliphatic carboxylic acids is 1. The Morgan fingerprint density at radius 2 is 2.26 bits per heavy atom. The van der Waals surface area contributed by atoms with Crippen LogP contribution in [0, 0.1) is 12.8 Å². The van der Waals surface area contributed by atoms with Gasteiger partial charge in [0.15, 0.2) is 5.82 Å². The predicted molar refractivity (Wildman–Crippen MR) is 83.9 cm³/mol. The van der Waals surface area contributed by atoms with Gasteiger partial charge in [-0.2, -0.15) is 4.98 Å². The maximum absolute atomic E-state index is 11.1. The van der Waals surface area contributed by atoms with E-state index in [0.717, 1.165) is 19.4 Å². The summed E-state index contributed by atoms with van der Waals surface area (Å²) >= 11 is 0. The minimum Gasteiger partial charge on any atom is -0.481 e. The van der Waals surface area contributed by atoms with Gasteiger partial charge < -0.3 is 9.63 Å². The zero-order valence-corrected chi connectivity index (χ0v) is 13.2. The number of rotatable bonds is 5. The van der Waals surface area contributed by atoms with Crippen molar-refractivity contribution in [3.05, 3.63) is 47.1 Å². The molecule has 6 nitrogen and oxygen atoms in total. The molecule has 0 saturated carbocycles. The molecule has 1 aromatic heterocycles. The SMILES string of the molecule is Cc1ccccc1Cc1noc(CN2CCCC(C(=O)O)C2)n1. The number of nitrogens with zero attached hydrogens (tertiary/aromatic N) is 3. The van der Waals surface area contributed by atoms with E-state index < -0.39 is 5.97 Å². The number of benzene rings is 1. The summed E-state index contributed by atoms with van der Waals surface area (Å²) in [6.45, 7) is 4.00. The van der Waals surface area contributed by atoms with Gasteiger partial charge in [-0.25, -0.2) is 0 Å². The van der Waals surface area contributed by atoms with Gasteiger partial charge in [-0.1, -0.05) is 29.4 Å². The lowest BCUT2D eigenvalue weighted by molar-refractivity contribution is -0.143. The number of carboxylic acid groups (broad SMARTS) is 1. The lowest BCUT2D eigenvalue weighted by Crippen LogP contribution is -2.38. The van der Waals surface area contributed by atoms with Crippen molar-refractivity contribution in [2.24, 2.45) is 5.92 Å². The lowest BCUT2D eigenvalue weighted by atomic mass is 9.98. The van der Waals surface area contributed by atoms with Crippen LogP contribution in [0.5, 0.6) is 0 Å². The third kappa shape index (κ3) is 3.96. The first-order chi connectivity index (χ1) is 11.1. The van der Waals surface area contributed by atoms with Crippen molar-refractivity contribution in [3.8, 4) is 0 Å². The van der Waals surface area contributed by atoms with E-state index in [1.165, 1.54) is 11.1 Å². The summed E-state index contributed by atoms with van der Waals surface area (Å²) < 4.78 is 5.32. The summed E-state index contributed by atoms with van der Waals surface area (Å²) in [6.07, 6.45) is 2.28. The number of carboxylic acids is 1. The van der Waals surface area contributed by atoms with Crippen LogP contribution in [0.2, 0.25) is 0 Å². The van der Waals surface area contributed by atoms with Crippen molar-refractivity contribution in [2.75, 3.05) is 13.1 Å². The third-order valence-electron chi connectivity index (χ3n) is 4.33. The fourth-order valence-electron chi connectivity index (χ4n) is 3.00. The Balaban J connectivity index is 1.61. The number of aromatic nitrogens is 2. The highest BCUT2D eigenvalue weighted by Crippen LogP contribution is 2.19. The molecule has 0 aliphatic carbocycles. The number of likely N-dealkylation sites (tertiary alicyclic amines) is 1. The van der Waals surface area contributed by atoms with E-state index >= 15 is 0 Å². The summed E-state index contributed by atoms with van der Waals surface area (Å²) in [6, 6.07) is 8.14. The summed E-state index contributed by atoms with van der Waals surface area (Å²) in [4.78, 5) is 17.6. The fourth-order valence-corrected chi connectivity index (χ4v) is 3.00. The van der Waals surface area contributed by atoms with E-state index in [-0.39, 0.29) is 5.92 Å². The zero-order chi connectivity index (χ0) is 16.2. The Labute approximate surface area is 135 Å². The van der Waals surface area contributed by atoms with Gasteiger partial charge in [0, 0.05) is 13.0 Å². The van der Waals surface area contributed by atoms with E-state index in [1.807, 2.05) is 12.1 Å². The largest absolute Gasteiger partial charge is 0.481 e. The molecule has 0 amide bonds. The van der Waals surface area contributed by atoms with Crippen LogP contribution in [0.25, 0.3) is 0 Å². The highest BCUT2D eigenvalue weighted by molar-refractivity contribution is 5.70. The quantitative estimate of drug-likeness (QED) is 0.912. The molecule has 23 heavy (non-hydrogen) atoms. The molecule has 2 aromatic rings. The highest BCUT2D eigenvalue weighted by Gasteiger charge is 2.26. The molecule has 2 heterocycles. The van der Waals surface area contributed by atoms with E-state index in [9.17, 15) is 4.79 Å². The first-order valence-electron chi connectivity index (χ1n) is 7.93. The summed E-state index contributed by atoms with van der Waals surface area (Å²) in [5.41, 5.74) is 2.39. The molecule has 0 bridgehead atoms. The van der Waals surface area contributed by atoms with Crippen molar-refractivity contribution < 1.29 is 14.4 Å². The van der Waals surface area contributed by atoms with Gasteiger partial charge in [0.05, 0.1) is 12.5 Å². The van der Waals surface area contributed by atoms with Crippen LogP contribution in [0.3, 0.4) is 0 Å². The molecule has 1 saturated heterocycles. The summed E-state index contributed by atoms with van der Waals surface area (Å²) in [5, 5.41) is 13.2. The molecule has 0 spiro atoms. The first kappa shape index (κ1) is 15.7. The van der Waals surface area contributed by atoms with Crippen molar-refractivity contribution in [3.63, 3.8) is 0 Å². The average molecular weight is 315 g/mol. The third-order valence-corrected chi connectivity index (χ3v) is 4.33. The monoisotopic (exact) mass is 315 g/mol. The molecule has 1 aliphatic rings. The Kier molecular flexibility index (Phi) is 4.71. The highest BCUT2D eigenvalue weighted by atomic mass is 16.5. The molecular weight excluding hydrogens is 294 g/mol. The molecule has 1 unspecified atom stereocenters. The van der Waals surface area contributed by atoms with E-state index in [0.29, 0.717) is 31.2 Å². The number of piperidine rings is 1. The molecule has 0 radical (unpaired) electrons. The molecule has 6 heteroatoms. The molecule has 122 valence electrons. The number of carbonyl (C=O) groups is 1. The van der Waals surface area contributed by atoms with Gasteiger partial charge in [-0.3, -0.25) is 9.69 Å². The maximum atomic E-state index is 11.1. The predicted octanol–water partition coefficient (Wildman–Crippen LogP) is 2.27. The normalized spacial score (nSPS) is 18.9. The van der Waals surface area contributed by atoms with Crippen molar-refractivity contribution in [1.29, 1.82) is 0 Å². The first-order valence-corrected chi connectivity index (χ1v) is 7.93. The summed E-state index contributed by atoms with van der Waals surface area (Å²) in [7, 11) is 0. The summed E-state index contributed by atoms with van der Waals surface area (Å²) in [5.74, 6) is 0.208. The molecule has 1 aromatic carbocycles. The van der Waals surface area contributed by atoms with Gasteiger partial charge in [0.1, 0.15) is 0 Å². The molecule has 1 N–H and O–H groups in total. The smallest absolute Gasteiger partial charge is 0.307 e. The fraction of sp³-hybridized carbons (Fsp3) is 0.471. The Hall–Kier alpha value is -2.21. The topological polar surface area (TPSA) is 79.5 Å². The van der Waals surface area contributed by atoms with Crippen molar-refractivity contribution in [1.82, 2.24) is 15.0 Å². The van der Waals surface area contributed by atoms with Crippen LogP contribution in [0.4, 0.5) is 0 Å². The van der Waals surface area contributed by atoms with Crippen LogP contribution in [-0.2, 0) is 17.8 Å². The van der Waals surface area contributed by atoms with E-state index in [4.69, 9.17) is 9.63 Å². The van der Waals surface area contributed by atoms with Crippen molar-refractivity contribution >= 4 is 5.97 Å². The Morgan fingerprint density at radius 1 is 1.43 bits per heavy atom. The lowest BCUT2D eigenvalue weighted by Gasteiger charge is -2.29. The van der Waals surface area contributed by atoms with Crippen LogP contribution >= 0.6 is 0 Å². The zero-order valence-electron chi connectivity index (χ0n) is 13.2. The number of hydrogen-bond acceptors (Lipinski definition) is 5. The van der Waals surface area contributed by atoms with Gasteiger partial charge >= 0.3 is 5.97 Å². The number of aryl methyl sites for hydroxylation is 1. The van der Waals surface area contributed by atoms with Crippen LogP contribution in [0.1, 0.15) is 35.7 Å². The minimum atomic E-state index is -0.722. The second-order valence-electron chi connectivity index (χ2n) is 6.12. The molecule has 1 fully saturated rings. The molecule has 1 atom stereocenters. The van der Waals surface area contributed by atoms with Gasteiger partial charge in [-0.05, 0) is 37.4 Å². The molecular formula is C17H21N3O3. The van der Waals surface area contributed by atoms with Gasteiger partial charge in [0.25, 0.3) is 0 Å². The standard InChI is InChI=1S/C17H21N3O3/c1-12-5-2-3-6-13(12)9-15-18-16(23-19-15)11-20-8-4-7-14(10-20)17(21)22/h2-3,5-6,14H,4,7-11H2,1H3,(H,21,22). The maximum Gasteiger partial charge on any atom is 0.307 e. The second-order valence-corrected chi connectivity index (χ2v) is 6.12. The molecule has 1 aliphatic heterocycles. The van der Waals surface area contributed by atoms with Crippen LogP contribution in [0.15, 0.2) is 28.8 Å². The Morgan fingerprint density at radius 3 is 3.04 bits per heavy atom. The van der Waals surface area contributed by atoms with E-state index in [1.54, 1.807) is 0 Å². The van der Waals surface area contributed by atoms with Crippen LogP contribution < -0.4 is 0 Å². The van der Waals surface area contributed by atoms with Gasteiger partial charge in [0.2, 0.25) is 5.89 Å². The van der Waals surface area contributed by atoms with Crippen molar-refractivity contribution in [2.45, 2.75) is 32.7 Å². The number of hydrogen-bond donors (Lipinski definition) is 1. The average Bonchev–Trinajstić information content (AvgIpc) is 2.97. The Bertz CT molecular complexity index is 683. The molecule has 3 rings (SSSR count). The van der Waals surface area contributed by atoms with E-state index in [2.05, 4.69) is 34.1 Å². The van der Waals surface area contributed by atoms with Gasteiger partial charge in [-0.15, -0.1) is 0 Å².